The average molecular weight is 277 g/mol. The summed E-state index contributed by atoms with van der Waals surface area (Å²) in [5, 5.41) is 0. The van der Waals surface area contributed by atoms with Gasteiger partial charge in [0.25, 0.3) is 0 Å². The van der Waals surface area contributed by atoms with Gasteiger partial charge in [0.1, 0.15) is 0 Å². The lowest BCUT2D eigenvalue weighted by Crippen LogP contribution is -3.00. The van der Waals surface area contributed by atoms with Crippen LogP contribution in [0.25, 0.3) is 6.08 Å². The van der Waals surface area contributed by atoms with Crippen LogP contribution in [-0.2, 0) is 6.54 Å². The predicted octanol–water partition coefficient (Wildman–Crippen LogP) is -1.28. The summed E-state index contributed by atoms with van der Waals surface area (Å²) in [6.45, 7) is 2.07. The van der Waals surface area contributed by atoms with Gasteiger partial charge >= 0.3 is 0 Å². The Morgan fingerprint density at radius 1 is 1.19 bits per heavy atom. The van der Waals surface area contributed by atoms with Crippen molar-refractivity contribution in [2.75, 3.05) is 6.54 Å². The van der Waals surface area contributed by atoms with Crippen molar-refractivity contribution in [3.05, 3.63) is 60.2 Å². The molecule has 0 N–H and O–H groups in total. The minimum Gasteiger partial charge on any atom is -1.00 e. The van der Waals surface area contributed by atoms with E-state index in [1.807, 2.05) is 0 Å². The number of rotatable bonds is 0. The van der Waals surface area contributed by atoms with Crippen LogP contribution in [0.2, 0.25) is 0 Å². The third kappa shape index (κ3) is 1.95. The summed E-state index contributed by atoms with van der Waals surface area (Å²) in [5.41, 5.74) is 2.55. The van der Waals surface area contributed by atoms with Gasteiger partial charge < -0.3 is 21.9 Å². The Labute approximate surface area is 106 Å². The summed E-state index contributed by atoms with van der Waals surface area (Å²) in [7, 11) is 0. The molecule has 16 heavy (non-hydrogen) atoms. The molecular weight excluding hydrogens is 264 g/mol. The third-order valence-electron chi connectivity index (χ3n) is 2.83. The highest BCUT2D eigenvalue weighted by Crippen LogP contribution is 2.16. The first-order valence-electron chi connectivity index (χ1n) is 5.25. The molecule has 0 unspecified atom stereocenters. The number of hydrogen-bond donors (Lipinski definition) is 0. The Morgan fingerprint density at radius 2 is 2.12 bits per heavy atom. The minimum absolute atomic E-state index is 0. The van der Waals surface area contributed by atoms with Gasteiger partial charge in [-0.15, -0.1) is 0 Å². The summed E-state index contributed by atoms with van der Waals surface area (Å²) >= 11 is 0. The Kier molecular flexibility index (Phi) is 3.25. The molecule has 2 aliphatic heterocycles. The Bertz CT molecular complexity index is 475. The van der Waals surface area contributed by atoms with E-state index in [4.69, 9.17) is 0 Å². The number of hydrogen-bond acceptors (Lipinski definition) is 1. The molecule has 1 aromatic rings. The van der Waals surface area contributed by atoms with Crippen LogP contribution in [0.3, 0.4) is 0 Å². The molecule has 0 bridgehead atoms. The van der Waals surface area contributed by atoms with Crippen LogP contribution in [0.4, 0.5) is 0 Å². The molecule has 0 amide bonds. The Hall–Kier alpha value is -1.35. The highest BCUT2D eigenvalue weighted by atomic mass is 79.9. The fourth-order valence-corrected chi connectivity index (χ4v) is 2.02. The van der Waals surface area contributed by atoms with Crippen molar-refractivity contribution < 1.29 is 21.5 Å². The van der Waals surface area contributed by atoms with Gasteiger partial charge in [-0.2, -0.15) is 4.57 Å². The normalized spacial score (nSPS) is 16.8. The number of pyridine rings is 1. The van der Waals surface area contributed by atoms with E-state index in [-0.39, 0.29) is 17.0 Å². The molecule has 0 saturated heterocycles. The quantitative estimate of drug-likeness (QED) is 0.536. The topological polar surface area (TPSA) is 7.12 Å². The van der Waals surface area contributed by atoms with E-state index in [1.54, 1.807) is 0 Å². The van der Waals surface area contributed by atoms with Gasteiger partial charge in [0.05, 0.1) is 6.54 Å². The zero-order valence-corrected chi connectivity index (χ0v) is 10.5. The van der Waals surface area contributed by atoms with E-state index in [0.29, 0.717) is 0 Å². The lowest BCUT2D eigenvalue weighted by molar-refractivity contribution is -0.697. The van der Waals surface area contributed by atoms with Crippen LogP contribution in [0, 0.1) is 0 Å². The summed E-state index contributed by atoms with van der Waals surface area (Å²) in [5.74, 6) is 0. The molecule has 0 atom stereocenters. The van der Waals surface area contributed by atoms with Gasteiger partial charge in [-0.1, -0.05) is 6.08 Å². The first-order valence-corrected chi connectivity index (χ1v) is 5.25. The standard InChI is InChI=1S/C13H13N2.BrH/c1-3-7-14-9-10-15-8-4-2-6-13(15)11-12(14)5-1;/h1-8,11H,9-10H2;1H/q+1;/p-1. The Morgan fingerprint density at radius 3 is 3.06 bits per heavy atom. The average Bonchev–Trinajstić information content (AvgIpc) is 2.48. The molecule has 3 rings (SSSR count). The van der Waals surface area contributed by atoms with Crippen molar-refractivity contribution in [2.45, 2.75) is 6.54 Å². The van der Waals surface area contributed by atoms with Crippen LogP contribution in [0.15, 0.2) is 54.5 Å². The van der Waals surface area contributed by atoms with Crippen LogP contribution in [0.5, 0.6) is 0 Å². The molecule has 2 nitrogen and oxygen atoms in total. The molecule has 3 heteroatoms. The van der Waals surface area contributed by atoms with Crippen LogP contribution >= 0.6 is 0 Å². The van der Waals surface area contributed by atoms with Crippen molar-refractivity contribution in [3.63, 3.8) is 0 Å². The van der Waals surface area contributed by atoms with Gasteiger partial charge in [0.2, 0.25) is 5.69 Å². The molecule has 0 aromatic carbocycles. The fraction of sp³-hybridized carbons (Fsp3) is 0.154. The number of nitrogens with zero attached hydrogens (tertiary/aromatic N) is 2. The van der Waals surface area contributed by atoms with Crippen molar-refractivity contribution in [3.8, 4) is 0 Å². The summed E-state index contributed by atoms with van der Waals surface area (Å²) in [4.78, 5) is 2.28. The number of aromatic nitrogens is 1. The smallest absolute Gasteiger partial charge is 0.207 e. The van der Waals surface area contributed by atoms with Gasteiger partial charge in [0, 0.05) is 30.1 Å². The first-order chi connectivity index (χ1) is 7.43. The van der Waals surface area contributed by atoms with E-state index in [2.05, 4.69) is 64.4 Å². The van der Waals surface area contributed by atoms with E-state index in [1.165, 1.54) is 11.4 Å². The lowest BCUT2D eigenvalue weighted by Gasteiger charge is -2.19. The lowest BCUT2D eigenvalue weighted by atomic mass is 10.2. The summed E-state index contributed by atoms with van der Waals surface area (Å²) in [6, 6.07) is 6.32. The fourth-order valence-electron chi connectivity index (χ4n) is 2.02. The van der Waals surface area contributed by atoms with E-state index >= 15 is 0 Å². The molecule has 0 radical (unpaired) electrons. The molecular formula is C13H13BrN2. The third-order valence-corrected chi connectivity index (χ3v) is 2.83. The molecule has 82 valence electrons. The van der Waals surface area contributed by atoms with Gasteiger partial charge in [-0.05, 0) is 18.2 Å². The second kappa shape index (κ2) is 4.66. The van der Waals surface area contributed by atoms with Crippen LogP contribution in [0.1, 0.15) is 5.69 Å². The molecule has 0 saturated carbocycles. The van der Waals surface area contributed by atoms with Crippen LogP contribution in [-0.4, -0.2) is 11.4 Å². The number of halogens is 1. The molecule has 2 aliphatic rings. The van der Waals surface area contributed by atoms with Crippen molar-refractivity contribution in [1.29, 1.82) is 0 Å². The SMILES string of the molecule is C1=CC2=Cc3cccc[n+]3CCN2C=C1.[Br-]. The second-order valence-electron chi connectivity index (χ2n) is 3.78. The Balaban J connectivity index is 0.000000963. The van der Waals surface area contributed by atoms with E-state index < -0.39 is 0 Å². The molecule has 1 aromatic heterocycles. The zero-order chi connectivity index (χ0) is 10.1. The maximum absolute atomic E-state index is 2.28. The van der Waals surface area contributed by atoms with Crippen molar-refractivity contribution >= 4 is 6.08 Å². The first kappa shape index (κ1) is 11.1. The largest absolute Gasteiger partial charge is 1.00 e. The number of allylic oxidation sites excluding steroid dienone is 3. The van der Waals surface area contributed by atoms with Crippen LogP contribution < -0.4 is 21.5 Å². The molecule has 0 spiro atoms. The zero-order valence-electron chi connectivity index (χ0n) is 8.88. The molecule has 0 aliphatic carbocycles. The maximum Gasteiger partial charge on any atom is 0.207 e. The highest BCUT2D eigenvalue weighted by molar-refractivity contribution is 5.52. The summed E-state index contributed by atoms with van der Waals surface area (Å²) < 4.78 is 2.28. The van der Waals surface area contributed by atoms with Crippen molar-refractivity contribution in [1.82, 2.24) is 4.90 Å². The molecule has 0 fully saturated rings. The van der Waals surface area contributed by atoms with Gasteiger partial charge in [0.15, 0.2) is 12.7 Å². The monoisotopic (exact) mass is 276 g/mol. The van der Waals surface area contributed by atoms with Gasteiger partial charge in [-0.3, -0.25) is 0 Å². The van der Waals surface area contributed by atoms with Gasteiger partial charge in [-0.25, -0.2) is 0 Å². The maximum atomic E-state index is 2.28. The van der Waals surface area contributed by atoms with Crippen molar-refractivity contribution in [2.24, 2.45) is 0 Å². The predicted molar refractivity (Wildman–Crippen MR) is 59.6 cm³/mol. The minimum atomic E-state index is 0. The summed E-state index contributed by atoms with van der Waals surface area (Å²) in [6.07, 6.45) is 12.8. The number of fused-ring (bicyclic) bond motifs is 2. The molecule has 3 heterocycles. The van der Waals surface area contributed by atoms with E-state index in [0.717, 1.165) is 13.1 Å². The van der Waals surface area contributed by atoms with E-state index in [9.17, 15) is 0 Å². The highest BCUT2D eigenvalue weighted by Gasteiger charge is 2.17. The second-order valence-corrected chi connectivity index (χ2v) is 3.78.